The van der Waals surface area contributed by atoms with Gasteiger partial charge in [0, 0.05) is 56.1 Å². The number of anilines is 1. The van der Waals surface area contributed by atoms with Gasteiger partial charge in [-0.05, 0) is 78.4 Å². The number of likely N-dealkylation sites (tertiary alicyclic amines) is 1. The second-order valence-corrected chi connectivity index (χ2v) is 11.1. The average Bonchev–Trinajstić information content (AvgIpc) is 3.32. The molecule has 0 radical (unpaired) electrons. The number of amides is 1. The van der Waals surface area contributed by atoms with Crippen molar-refractivity contribution >= 4 is 22.8 Å². The van der Waals surface area contributed by atoms with Gasteiger partial charge in [0.1, 0.15) is 5.82 Å². The third-order valence-corrected chi connectivity index (χ3v) is 8.05. The Balaban J connectivity index is 1.38. The van der Waals surface area contributed by atoms with Crippen molar-refractivity contribution in [2.45, 2.75) is 59.2 Å². The molecule has 0 bridgehead atoms. The van der Waals surface area contributed by atoms with Gasteiger partial charge in [-0.2, -0.15) is 5.10 Å². The minimum absolute atomic E-state index is 0.112. The van der Waals surface area contributed by atoms with E-state index in [4.69, 9.17) is 4.98 Å². The van der Waals surface area contributed by atoms with Crippen molar-refractivity contribution in [2.75, 3.05) is 51.2 Å². The van der Waals surface area contributed by atoms with E-state index >= 15 is 0 Å². The number of pyridine rings is 2. The van der Waals surface area contributed by atoms with E-state index in [1.54, 1.807) is 6.20 Å². The molecular formula is C28H40N8O2. The van der Waals surface area contributed by atoms with Crippen LogP contribution in [0.25, 0.3) is 11.0 Å². The molecule has 3 aromatic rings. The molecule has 2 aliphatic heterocycles. The number of hydrogen-bond acceptors (Lipinski definition) is 7. The smallest absolute Gasteiger partial charge is 0.253 e. The third-order valence-electron chi connectivity index (χ3n) is 8.05. The first kappa shape index (κ1) is 26.4. The molecule has 38 heavy (non-hydrogen) atoms. The van der Waals surface area contributed by atoms with Crippen molar-refractivity contribution in [3.05, 3.63) is 51.1 Å². The lowest BCUT2D eigenvalue weighted by Crippen LogP contribution is -2.53. The molecule has 10 heteroatoms. The first-order valence-corrected chi connectivity index (χ1v) is 13.7. The van der Waals surface area contributed by atoms with Crippen LogP contribution < -0.4 is 15.8 Å². The van der Waals surface area contributed by atoms with E-state index in [0.717, 1.165) is 61.7 Å². The van der Waals surface area contributed by atoms with E-state index in [1.165, 1.54) is 12.8 Å². The van der Waals surface area contributed by atoms with Gasteiger partial charge in [-0.1, -0.05) is 0 Å². The molecule has 3 aromatic heterocycles. The Morgan fingerprint density at radius 1 is 1.11 bits per heavy atom. The van der Waals surface area contributed by atoms with E-state index in [1.807, 2.05) is 30.7 Å². The monoisotopic (exact) mass is 520 g/mol. The molecule has 0 saturated carbocycles. The maximum Gasteiger partial charge on any atom is 0.253 e. The maximum atomic E-state index is 13.5. The van der Waals surface area contributed by atoms with Crippen molar-refractivity contribution in [3.8, 4) is 0 Å². The number of piperidine rings is 1. The molecule has 0 unspecified atom stereocenters. The number of aromatic amines is 1. The Hall–Kier alpha value is -3.24. The quantitative estimate of drug-likeness (QED) is 0.515. The highest BCUT2D eigenvalue weighted by atomic mass is 16.1. The lowest BCUT2D eigenvalue weighted by atomic mass is 10.0. The fraction of sp³-hybridized carbons (Fsp3) is 0.571. The van der Waals surface area contributed by atoms with Gasteiger partial charge in [0.05, 0.1) is 17.1 Å². The van der Waals surface area contributed by atoms with E-state index in [0.29, 0.717) is 22.8 Å². The van der Waals surface area contributed by atoms with Gasteiger partial charge in [0.2, 0.25) is 0 Å². The number of carbonyl (C=O) groups excluding carboxylic acids is 1. The summed E-state index contributed by atoms with van der Waals surface area (Å²) in [6, 6.07) is 4.58. The van der Waals surface area contributed by atoms with Crippen LogP contribution in [0.1, 0.15) is 59.9 Å². The molecule has 2 N–H and O–H groups in total. The summed E-state index contributed by atoms with van der Waals surface area (Å²) in [6.07, 6.45) is 4.17. The van der Waals surface area contributed by atoms with Crippen LogP contribution in [0.3, 0.4) is 0 Å². The standard InChI is InChI=1S/C28H40N8O2/c1-18(2)36-26-24(17-30-36)22(27(37)29-16-23-19(3)14-20(4)31-28(23)38)15-25(32-26)35-12-10-34(11-13-35)21-6-8-33(5)9-7-21/h14-15,17-18,21H,6-13,16H2,1-5H3,(H,29,37)(H,31,38). The molecule has 2 saturated heterocycles. The maximum absolute atomic E-state index is 13.5. The fourth-order valence-corrected chi connectivity index (χ4v) is 5.77. The van der Waals surface area contributed by atoms with E-state index in [-0.39, 0.29) is 24.1 Å². The van der Waals surface area contributed by atoms with Crippen LogP contribution in [0, 0.1) is 13.8 Å². The number of nitrogens with zero attached hydrogens (tertiary/aromatic N) is 6. The lowest BCUT2D eigenvalue weighted by molar-refractivity contribution is 0.0952. The Kier molecular flexibility index (Phi) is 7.54. The van der Waals surface area contributed by atoms with Crippen LogP contribution in [0.5, 0.6) is 0 Å². The van der Waals surface area contributed by atoms with Crippen LogP contribution >= 0.6 is 0 Å². The number of carbonyl (C=O) groups is 1. The first-order valence-electron chi connectivity index (χ1n) is 13.7. The molecule has 1 amide bonds. The molecule has 10 nitrogen and oxygen atoms in total. The Labute approximate surface area is 224 Å². The van der Waals surface area contributed by atoms with Crippen LogP contribution in [0.15, 0.2) is 23.1 Å². The highest BCUT2D eigenvalue weighted by molar-refractivity contribution is 6.06. The zero-order valence-electron chi connectivity index (χ0n) is 23.3. The van der Waals surface area contributed by atoms with Crippen molar-refractivity contribution in [3.63, 3.8) is 0 Å². The van der Waals surface area contributed by atoms with Crippen molar-refractivity contribution < 1.29 is 4.79 Å². The number of H-pyrrole nitrogens is 1. The summed E-state index contributed by atoms with van der Waals surface area (Å²) in [5.74, 6) is 0.573. The van der Waals surface area contributed by atoms with Gasteiger partial charge in [-0.25, -0.2) is 9.67 Å². The minimum atomic E-state index is -0.230. The second-order valence-electron chi connectivity index (χ2n) is 11.1. The zero-order chi connectivity index (χ0) is 27.0. The summed E-state index contributed by atoms with van der Waals surface area (Å²) in [5.41, 5.74) is 3.32. The topological polar surface area (TPSA) is 102 Å². The normalized spacial score (nSPS) is 18.0. The predicted molar refractivity (Wildman–Crippen MR) is 150 cm³/mol. The zero-order valence-corrected chi connectivity index (χ0v) is 23.3. The van der Waals surface area contributed by atoms with Crippen molar-refractivity contribution in [2.24, 2.45) is 0 Å². The largest absolute Gasteiger partial charge is 0.354 e. The van der Waals surface area contributed by atoms with E-state index in [2.05, 4.69) is 51.0 Å². The van der Waals surface area contributed by atoms with Crippen molar-refractivity contribution in [1.82, 2.24) is 34.9 Å². The molecule has 5 rings (SSSR count). The summed E-state index contributed by atoms with van der Waals surface area (Å²) in [7, 11) is 2.20. The number of rotatable bonds is 6. The molecule has 0 spiro atoms. The van der Waals surface area contributed by atoms with Gasteiger partial charge in [0.25, 0.3) is 11.5 Å². The number of aromatic nitrogens is 4. The average molecular weight is 521 g/mol. The van der Waals surface area contributed by atoms with Gasteiger partial charge in [-0.15, -0.1) is 0 Å². The Morgan fingerprint density at radius 3 is 2.47 bits per heavy atom. The van der Waals surface area contributed by atoms with Gasteiger partial charge >= 0.3 is 0 Å². The van der Waals surface area contributed by atoms with Crippen LogP contribution in [-0.2, 0) is 6.54 Å². The summed E-state index contributed by atoms with van der Waals surface area (Å²) < 4.78 is 1.87. The van der Waals surface area contributed by atoms with Crippen LogP contribution in [0.2, 0.25) is 0 Å². The van der Waals surface area contributed by atoms with Gasteiger partial charge in [0.15, 0.2) is 5.65 Å². The molecule has 0 atom stereocenters. The predicted octanol–water partition coefficient (Wildman–Crippen LogP) is 2.46. The number of piperazine rings is 1. The number of aryl methyl sites for hydroxylation is 2. The highest BCUT2D eigenvalue weighted by Gasteiger charge is 2.28. The van der Waals surface area contributed by atoms with Crippen LogP contribution in [0.4, 0.5) is 5.82 Å². The molecule has 0 aliphatic carbocycles. The Morgan fingerprint density at radius 2 is 1.82 bits per heavy atom. The van der Waals surface area contributed by atoms with E-state index < -0.39 is 0 Å². The van der Waals surface area contributed by atoms with Crippen molar-refractivity contribution in [1.29, 1.82) is 0 Å². The second kappa shape index (κ2) is 10.9. The fourth-order valence-electron chi connectivity index (χ4n) is 5.77. The Bertz CT molecular complexity index is 1360. The molecule has 2 aliphatic rings. The molecule has 204 valence electrons. The molecule has 2 fully saturated rings. The number of fused-ring (bicyclic) bond motifs is 1. The molecule has 0 aromatic carbocycles. The summed E-state index contributed by atoms with van der Waals surface area (Å²) in [6.45, 7) is 14.1. The first-order chi connectivity index (χ1) is 18.2. The van der Waals surface area contributed by atoms with Crippen LogP contribution in [-0.4, -0.2) is 87.8 Å². The van der Waals surface area contributed by atoms with E-state index in [9.17, 15) is 9.59 Å². The number of nitrogens with one attached hydrogen (secondary N) is 2. The summed E-state index contributed by atoms with van der Waals surface area (Å²) in [5, 5.41) is 8.25. The van der Waals surface area contributed by atoms with Gasteiger partial charge < -0.3 is 20.1 Å². The minimum Gasteiger partial charge on any atom is -0.354 e. The third kappa shape index (κ3) is 5.33. The highest BCUT2D eigenvalue weighted by Crippen LogP contribution is 2.27. The summed E-state index contributed by atoms with van der Waals surface area (Å²) in [4.78, 5) is 41.1. The van der Waals surface area contributed by atoms with Gasteiger partial charge in [-0.3, -0.25) is 14.5 Å². The lowest BCUT2D eigenvalue weighted by Gasteiger charge is -2.42. The SMILES string of the molecule is Cc1cc(C)c(CNC(=O)c2cc(N3CCN(C4CCN(C)CC4)CC3)nc3c2cnn3C(C)C)c(=O)[nH]1. The molecule has 5 heterocycles. The number of hydrogen-bond donors (Lipinski definition) is 2. The molecular weight excluding hydrogens is 480 g/mol. The summed E-state index contributed by atoms with van der Waals surface area (Å²) >= 11 is 0.